The minimum absolute atomic E-state index is 0.247. The molecule has 0 aliphatic carbocycles. The fourth-order valence-corrected chi connectivity index (χ4v) is 2.21. The quantitative estimate of drug-likeness (QED) is 0.851. The van der Waals surface area contributed by atoms with E-state index in [1.54, 1.807) is 14.2 Å². The Morgan fingerprint density at radius 3 is 2.25 bits per heavy atom. The first-order valence-electron chi connectivity index (χ1n) is 6.82. The van der Waals surface area contributed by atoms with Crippen molar-refractivity contribution in [1.29, 1.82) is 0 Å². The number of methoxy groups -OCH3 is 2. The van der Waals surface area contributed by atoms with Crippen molar-refractivity contribution in [3.63, 3.8) is 0 Å². The van der Waals surface area contributed by atoms with Gasteiger partial charge in [0.25, 0.3) is 0 Å². The van der Waals surface area contributed by atoms with Gasteiger partial charge in [-0.3, -0.25) is 0 Å². The van der Waals surface area contributed by atoms with E-state index in [4.69, 9.17) is 9.47 Å². The molecule has 0 saturated heterocycles. The Kier molecular flexibility index (Phi) is 4.88. The number of benzene rings is 2. The topological polar surface area (TPSA) is 30.5 Å². The van der Waals surface area contributed by atoms with E-state index < -0.39 is 0 Å². The summed E-state index contributed by atoms with van der Waals surface area (Å²) in [5, 5.41) is 3.54. The molecular weight excluding hydrogens is 250 g/mol. The van der Waals surface area contributed by atoms with E-state index in [1.807, 2.05) is 36.4 Å². The van der Waals surface area contributed by atoms with E-state index in [-0.39, 0.29) is 6.04 Å². The number of rotatable bonds is 6. The number of nitrogens with one attached hydrogen (secondary N) is 1. The molecule has 2 aromatic carbocycles. The van der Waals surface area contributed by atoms with Crippen molar-refractivity contribution in [2.24, 2.45) is 0 Å². The van der Waals surface area contributed by atoms with Crippen LogP contribution in [0.1, 0.15) is 24.9 Å². The summed E-state index contributed by atoms with van der Waals surface area (Å²) >= 11 is 0. The number of hydrogen-bond donors (Lipinski definition) is 1. The third-order valence-electron chi connectivity index (χ3n) is 3.36. The highest BCUT2D eigenvalue weighted by Gasteiger charge is 2.11. The smallest absolute Gasteiger partial charge is 0.141 e. The zero-order valence-electron chi connectivity index (χ0n) is 12.2. The molecule has 1 atom stereocenters. The lowest BCUT2D eigenvalue weighted by Gasteiger charge is -2.20. The highest BCUT2D eigenvalue weighted by molar-refractivity contribution is 5.57. The summed E-state index contributed by atoms with van der Waals surface area (Å²) in [6.45, 7) is 2.16. The molecule has 0 amide bonds. The minimum atomic E-state index is 0.247. The van der Waals surface area contributed by atoms with Crippen LogP contribution in [0.4, 0.5) is 5.69 Å². The lowest BCUT2D eigenvalue weighted by atomic mass is 10.0. The molecule has 1 unspecified atom stereocenters. The molecule has 3 heteroatoms. The lowest BCUT2D eigenvalue weighted by molar-refractivity contribution is 0.414. The van der Waals surface area contributed by atoms with Gasteiger partial charge < -0.3 is 14.8 Å². The first-order valence-corrected chi connectivity index (χ1v) is 6.82. The maximum Gasteiger partial charge on any atom is 0.141 e. The van der Waals surface area contributed by atoms with Crippen LogP contribution in [-0.4, -0.2) is 14.2 Å². The Morgan fingerprint density at radius 1 is 0.950 bits per heavy atom. The van der Waals surface area contributed by atoms with E-state index in [9.17, 15) is 0 Å². The van der Waals surface area contributed by atoms with Crippen LogP contribution in [0.25, 0.3) is 0 Å². The average molecular weight is 271 g/mol. The number of ether oxygens (including phenoxy) is 2. The maximum absolute atomic E-state index is 5.38. The average Bonchev–Trinajstić information content (AvgIpc) is 2.53. The molecule has 3 nitrogen and oxygen atoms in total. The first-order chi connectivity index (χ1) is 9.78. The van der Waals surface area contributed by atoms with Gasteiger partial charge in [0, 0.05) is 0 Å². The molecule has 0 aromatic heterocycles. The van der Waals surface area contributed by atoms with Gasteiger partial charge in [0.1, 0.15) is 11.5 Å². The summed E-state index contributed by atoms with van der Waals surface area (Å²) in [6.07, 6.45) is 0.990. The Hall–Kier alpha value is -2.16. The van der Waals surface area contributed by atoms with E-state index >= 15 is 0 Å². The highest BCUT2D eigenvalue weighted by atomic mass is 16.5. The van der Waals surface area contributed by atoms with Crippen molar-refractivity contribution in [1.82, 2.24) is 0 Å². The van der Waals surface area contributed by atoms with Crippen molar-refractivity contribution in [3.8, 4) is 11.5 Å². The standard InChI is InChI=1S/C17H21NO2/c1-4-15(13-9-11-14(19-2)12-10-13)18-16-7-5-6-8-17(16)20-3/h5-12,15,18H,4H2,1-3H3. The van der Waals surface area contributed by atoms with Crippen LogP contribution in [0.2, 0.25) is 0 Å². The molecule has 2 aromatic rings. The van der Waals surface area contributed by atoms with Gasteiger partial charge in [-0.1, -0.05) is 31.2 Å². The molecular formula is C17H21NO2. The van der Waals surface area contributed by atoms with Gasteiger partial charge in [-0.05, 0) is 36.2 Å². The minimum Gasteiger partial charge on any atom is -0.497 e. The monoisotopic (exact) mass is 271 g/mol. The Morgan fingerprint density at radius 2 is 1.65 bits per heavy atom. The van der Waals surface area contributed by atoms with Crippen LogP contribution in [-0.2, 0) is 0 Å². The van der Waals surface area contributed by atoms with Gasteiger partial charge in [-0.2, -0.15) is 0 Å². The SMILES string of the molecule is CCC(Nc1ccccc1OC)c1ccc(OC)cc1. The second-order valence-electron chi connectivity index (χ2n) is 4.58. The molecule has 0 spiro atoms. The zero-order chi connectivity index (χ0) is 14.4. The van der Waals surface area contributed by atoms with E-state index in [2.05, 4.69) is 24.4 Å². The molecule has 0 aliphatic heterocycles. The Balaban J connectivity index is 2.19. The molecule has 0 radical (unpaired) electrons. The summed E-state index contributed by atoms with van der Waals surface area (Å²) < 4.78 is 10.6. The third kappa shape index (κ3) is 3.23. The largest absolute Gasteiger partial charge is 0.497 e. The highest BCUT2D eigenvalue weighted by Crippen LogP contribution is 2.29. The molecule has 0 heterocycles. The maximum atomic E-state index is 5.38. The molecule has 0 saturated carbocycles. The van der Waals surface area contributed by atoms with Crippen molar-refractivity contribution in [2.75, 3.05) is 19.5 Å². The molecule has 0 aliphatic rings. The van der Waals surface area contributed by atoms with Crippen LogP contribution in [0.3, 0.4) is 0 Å². The van der Waals surface area contributed by atoms with Crippen LogP contribution < -0.4 is 14.8 Å². The fraction of sp³-hybridized carbons (Fsp3) is 0.294. The van der Waals surface area contributed by atoms with Crippen molar-refractivity contribution in [2.45, 2.75) is 19.4 Å². The van der Waals surface area contributed by atoms with Gasteiger partial charge in [-0.25, -0.2) is 0 Å². The van der Waals surface area contributed by atoms with Crippen LogP contribution in [0, 0.1) is 0 Å². The molecule has 106 valence electrons. The second-order valence-corrected chi connectivity index (χ2v) is 4.58. The third-order valence-corrected chi connectivity index (χ3v) is 3.36. The fourth-order valence-electron chi connectivity index (χ4n) is 2.21. The Labute approximate surface area is 120 Å². The van der Waals surface area contributed by atoms with Crippen molar-refractivity contribution < 1.29 is 9.47 Å². The van der Waals surface area contributed by atoms with E-state index in [0.717, 1.165) is 23.6 Å². The lowest BCUT2D eigenvalue weighted by Crippen LogP contribution is -2.10. The first kappa shape index (κ1) is 14.3. The molecule has 1 N–H and O–H groups in total. The summed E-state index contributed by atoms with van der Waals surface area (Å²) in [6, 6.07) is 16.4. The van der Waals surface area contributed by atoms with Crippen molar-refractivity contribution in [3.05, 3.63) is 54.1 Å². The van der Waals surface area contributed by atoms with Gasteiger partial charge in [-0.15, -0.1) is 0 Å². The van der Waals surface area contributed by atoms with Crippen LogP contribution >= 0.6 is 0 Å². The molecule has 0 fully saturated rings. The van der Waals surface area contributed by atoms with Gasteiger partial charge in [0.2, 0.25) is 0 Å². The van der Waals surface area contributed by atoms with Gasteiger partial charge in [0.05, 0.1) is 25.9 Å². The number of para-hydroxylation sites is 2. The van der Waals surface area contributed by atoms with E-state index in [1.165, 1.54) is 5.56 Å². The molecule has 0 bridgehead atoms. The summed E-state index contributed by atoms with van der Waals surface area (Å²) in [5.41, 5.74) is 2.25. The normalized spacial score (nSPS) is 11.8. The van der Waals surface area contributed by atoms with Crippen LogP contribution in [0.5, 0.6) is 11.5 Å². The second kappa shape index (κ2) is 6.85. The molecule has 2 rings (SSSR count). The van der Waals surface area contributed by atoms with Crippen molar-refractivity contribution >= 4 is 5.69 Å². The Bertz CT molecular complexity index is 537. The van der Waals surface area contributed by atoms with Gasteiger partial charge >= 0.3 is 0 Å². The zero-order valence-corrected chi connectivity index (χ0v) is 12.2. The number of hydrogen-bond acceptors (Lipinski definition) is 3. The molecule has 20 heavy (non-hydrogen) atoms. The summed E-state index contributed by atoms with van der Waals surface area (Å²) in [7, 11) is 3.37. The summed E-state index contributed by atoms with van der Waals surface area (Å²) in [5.74, 6) is 1.74. The van der Waals surface area contributed by atoms with Crippen LogP contribution in [0.15, 0.2) is 48.5 Å². The van der Waals surface area contributed by atoms with Gasteiger partial charge in [0.15, 0.2) is 0 Å². The number of anilines is 1. The predicted molar refractivity (Wildman–Crippen MR) is 82.6 cm³/mol. The summed E-state index contributed by atoms with van der Waals surface area (Å²) in [4.78, 5) is 0. The predicted octanol–water partition coefficient (Wildman–Crippen LogP) is 4.27. The van der Waals surface area contributed by atoms with E-state index in [0.29, 0.717) is 0 Å².